The third kappa shape index (κ3) is 5.82. The van der Waals surface area contributed by atoms with Gasteiger partial charge in [-0.3, -0.25) is 9.10 Å². The Kier molecular flexibility index (Phi) is 8.25. The van der Waals surface area contributed by atoms with Gasteiger partial charge in [0.1, 0.15) is 0 Å². The summed E-state index contributed by atoms with van der Waals surface area (Å²) in [7, 11) is -2.37. The lowest BCUT2D eigenvalue weighted by molar-refractivity contribution is 0.0929. The Morgan fingerprint density at radius 2 is 2.00 bits per heavy atom. The Balaban J connectivity index is 2.34. The van der Waals surface area contributed by atoms with E-state index in [0.29, 0.717) is 23.7 Å². The van der Waals surface area contributed by atoms with Gasteiger partial charge in [-0.2, -0.15) is 0 Å². The minimum absolute atomic E-state index is 0.00327. The summed E-state index contributed by atoms with van der Waals surface area (Å²) in [6, 6.07) is 12.5. The van der Waals surface area contributed by atoms with E-state index in [-0.39, 0.29) is 29.0 Å². The van der Waals surface area contributed by atoms with Crippen molar-refractivity contribution in [3.63, 3.8) is 0 Å². The van der Waals surface area contributed by atoms with Crippen LogP contribution in [0.3, 0.4) is 0 Å². The van der Waals surface area contributed by atoms with E-state index in [1.165, 1.54) is 22.5 Å². The Labute approximate surface area is 177 Å². The van der Waals surface area contributed by atoms with Crippen molar-refractivity contribution in [2.24, 2.45) is 0 Å². The molecule has 0 spiro atoms. The Morgan fingerprint density at radius 1 is 1.28 bits per heavy atom. The van der Waals surface area contributed by atoms with Crippen LogP contribution in [-0.2, 0) is 14.8 Å². The van der Waals surface area contributed by atoms with Gasteiger partial charge in [0.15, 0.2) is 0 Å². The van der Waals surface area contributed by atoms with Crippen LogP contribution in [0.4, 0.5) is 5.69 Å². The zero-order valence-corrected chi connectivity index (χ0v) is 18.0. The number of nitrogens with zero attached hydrogens (tertiary/aromatic N) is 1. The van der Waals surface area contributed by atoms with Crippen LogP contribution >= 0.6 is 11.6 Å². The number of sulfonamides is 1. The first-order valence-corrected chi connectivity index (χ1v) is 10.9. The number of ether oxygens (including phenoxy) is 1. The van der Waals surface area contributed by atoms with E-state index >= 15 is 0 Å². The van der Waals surface area contributed by atoms with Crippen LogP contribution in [0.25, 0.3) is 0 Å². The second-order valence-corrected chi connectivity index (χ2v) is 8.73. The molecule has 0 aliphatic carbocycles. The van der Waals surface area contributed by atoms with Gasteiger partial charge in [-0.1, -0.05) is 35.9 Å². The first kappa shape index (κ1) is 22.9. The number of benzene rings is 2. The molecule has 1 unspecified atom stereocenters. The summed E-state index contributed by atoms with van der Waals surface area (Å²) in [6.07, 6.45) is 2.13. The molecule has 0 heterocycles. The smallest absolute Gasteiger partial charge is 0.264 e. The topological polar surface area (TPSA) is 75.7 Å². The maximum atomic E-state index is 13.3. The van der Waals surface area contributed by atoms with E-state index in [1.54, 1.807) is 43.5 Å². The van der Waals surface area contributed by atoms with Gasteiger partial charge in [-0.25, -0.2) is 8.42 Å². The second kappa shape index (κ2) is 10.4. The van der Waals surface area contributed by atoms with Crippen LogP contribution in [0.5, 0.6) is 0 Å². The molecule has 29 heavy (non-hydrogen) atoms. The van der Waals surface area contributed by atoms with Gasteiger partial charge in [0, 0.05) is 25.3 Å². The van der Waals surface area contributed by atoms with Gasteiger partial charge >= 0.3 is 0 Å². The molecule has 0 bridgehead atoms. The maximum absolute atomic E-state index is 13.3. The minimum Gasteiger partial charge on any atom is -0.385 e. The molecule has 0 aromatic heterocycles. The monoisotopic (exact) mass is 436 g/mol. The molecule has 0 radical (unpaired) electrons. The highest BCUT2D eigenvalue weighted by molar-refractivity contribution is 7.92. The summed E-state index contributed by atoms with van der Waals surface area (Å²) >= 11 is 6.21. The number of hydrogen-bond donors (Lipinski definition) is 1. The summed E-state index contributed by atoms with van der Waals surface area (Å²) in [4.78, 5) is 12.5. The molecule has 0 aliphatic heterocycles. The molecule has 1 amide bonds. The molecular weight excluding hydrogens is 412 g/mol. The third-order valence-corrected chi connectivity index (χ3v) is 6.33. The van der Waals surface area contributed by atoms with E-state index in [9.17, 15) is 13.2 Å². The molecule has 2 aromatic rings. The number of amides is 1. The van der Waals surface area contributed by atoms with E-state index in [1.807, 2.05) is 6.92 Å². The fourth-order valence-corrected chi connectivity index (χ4v) is 4.48. The molecule has 8 heteroatoms. The molecule has 1 atom stereocenters. The van der Waals surface area contributed by atoms with Gasteiger partial charge in [0.25, 0.3) is 15.9 Å². The van der Waals surface area contributed by atoms with Crippen molar-refractivity contribution in [2.75, 3.05) is 24.6 Å². The van der Waals surface area contributed by atoms with E-state index in [4.69, 9.17) is 16.3 Å². The van der Waals surface area contributed by atoms with Gasteiger partial charge in [0.05, 0.1) is 22.2 Å². The van der Waals surface area contributed by atoms with Crippen molar-refractivity contribution in [1.82, 2.24) is 5.32 Å². The van der Waals surface area contributed by atoms with Crippen molar-refractivity contribution in [1.29, 1.82) is 0 Å². The van der Waals surface area contributed by atoms with Crippen LogP contribution in [0.2, 0.25) is 5.02 Å². The van der Waals surface area contributed by atoms with Crippen molar-refractivity contribution in [3.05, 3.63) is 71.8 Å². The number of methoxy groups -OCH3 is 1. The van der Waals surface area contributed by atoms with Crippen molar-refractivity contribution in [3.8, 4) is 0 Å². The molecule has 2 rings (SSSR count). The molecule has 0 aliphatic rings. The average molecular weight is 437 g/mol. The average Bonchev–Trinajstić information content (AvgIpc) is 2.71. The summed E-state index contributed by atoms with van der Waals surface area (Å²) in [5, 5.41) is 3.14. The third-order valence-electron chi connectivity index (χ3n) is 4.23. The van der Waals surface area contributed by atoms with Gasteiger partial charge in [-0.05, 0) is 43.7 Å². The van der Waals surface area contributed by atoms with E-state index in [2.05, 4.69) is 11.9 Å². The van der Waals surface area contributed by atoms with Crippen LogP contribution < -0.4 is 9.62 Å². The predicted octanol–water partition coefficient (Wildman–Crippen LogP) is 3.88. The molecular formula is C21H25ClN2O4S. The number of hydrogen-bond acceptors (Lipinski definition) is 4. The first-order valence-electron chi connectivity index (χ1n) is 9.09. The normalized spacial score (nSPS) is 12.2. The molecule has 2 aromatic carbocycles. The predicted molar refractivity (Wildman–Crippen MR) is 116 cm³/mol. The quantitative estimate of drug-likeness (QED) is 0.573. The zero-order valence-electron chi connectivity index (χ0n) is 16.5. The number of anilines is 1. The van der Waals surface area contributed by atoms with Crippen molar-refractivity contribution >= 4 is 33.2 Å². The standard InChI is InChI=1S/C21H25ClN2O4S/c1-4-13-24(20-11-6-5-10-19(20)22)29(26,27)18-9-7-8-17(15-18)21(25)23-16(2)12-14-28-3/h4-11,15-16H,1,12-14H2,2-3H3,(H,23,25). The van der Waals surface area contributed by atoms with Crippen molar-refractivity contribution in [2.45, 2.75) is 24.3 Å². The fraction of sp³-hybridized carbons (Fsp3) is 0.286. The number of halogens is 1. The lowest BCUT2D eigenvalue weighted by atomic mass is 10.2. The second-order valence-electron chi connectivity index (χ2n) is 6.46. The summed E-state index contributed by atoms with van der Waals surface area (Å²) in [5.41, 5.74) is 0.602. The van der Waals surface area contributed by atoms with E-state index in [0.717, 1.165) is 0 Å². The van der Waals surface area contributed by atoms with Crippen LogP contribution in [0.1, 0.15) is 23.7 Å². The highest BCUT2D eigenvalue weighted by Crippen LogP contribution is 2.30. The lowest BCUT2D eigenvalue weighted by Gasteiger charge is -2.24. The van der Waals surface area contributed by atoms with Gasteiger partial charge in [0.2, 0.25) is 0 Å². The first-order chi connectivity index (χ1) is 13.8. The summed E-state index contributed by atoms with van der Waals surface area (Å²) in [5.74, 6) is -0.348. The van der Waals surface area contributed by atoms with Crippen molar-refractivity contribution < 1.29 is 17.9 Å². The van der Waals surface area contributed by atoms with Crippen LogP contribution in [-0.4, -0.2) is 40.6 Å². The largest absolute Gasteiger partial charge is 0.385 e. The molecule has 0 saturated heterocycles. The molecule has 0 saturated carbocycles. The summed E-state index contributed by atoms with van der Waals surface area (Å²) < 4.78 is 32.7. The zero-order chi connectivity index (χ0) is 21.4. The number of para-hydroxylation sites is 1. The highest BCUT2D eigenvalue weighted by atomic mass is 35.5. The lowest BCUT2D eigenvalue weighted by Crippen LogP contribution is -2.34. The number of rotatable bonds is 10. The minimum atomic E-state index is -3.96. The Hall–Kier alpha value is -2.35. The molecule has 156 valence electrons. The van der Waals surface area contributed by atoms with E-state index < -0.39 is 10.0 Å². The number of carbonyl (C=O) groups is 1. The molecule has 1 N–H and O–H groups in total. The van der Waals surface area contributed by atoms with Gasteiger partial charge in [-0.15, -0.1) is 6.58 Å². The van der Waals surface area contributed by atoms with Crippen LogP contribution in [0, 0.1) is 0 Å². The SMILES string of the molecule is C=CCN(c1ccccc1Cl)S(=O)(=O)c1cccc(C(=O)NC(C)CCOC)c1. The number of nitrogens with one attached hydrogen (secondary N) is 1. The highest BCUT2D eigenvalue weighted by Gasteiger charge is 2.26. The Morgan fingerprint density at radius 3 is 2.66 bits per heavy atom. The number of carbonyl (C=O) groups excluding carboxylic acids is 1. The maximum Gasteiger partial charge on any atom is 0.264 e. The molecule has 6 nitrogen and oxygen atoms in total. The van der Waals surface area contributed by atoms with Gasteiger partial charge < -0.3 is 10.1 Å². The molecule has 0 fully saturated rings. The Bertz CT molecular complexity index is 963. The fourth-order valence-electron chi connectivity index (χ4n) is 2.70. The van der Waals surface area contributed by atoms with Crippen LogP contribution in [0.15, 0.2) is 66.1 Å². The summed E-state index contributed by atoms with van der Waals surface area (Å²) in [6.45, 7) is 6.06.